The molecule has 11 heteroatoms. The van der Waals surface area contributed by atoms with Crippen LogP contribution in [-0.4, -0.2) is 76.3 Å². The number of ether oxygens (including phenoxy) is 2. The van der Waals surface area contributed by atoms with Crippen LogP contribution in [0, 0.1) is 11.8 Å². The number of anilines is 1. The number of carbonyl (C=O) groups excluding carboxylic acids is 1. The number of aliphatic hydroxyl groups excluding tert-OH is 1. The summed E-state index contributed by atoms with van der Waals surface area (Å²) in [6, 6.07) is 11.2. The molecule has 0 saturated heterocycles. The van der Waals surface area contributed by atoms with Crippen molar-refractivity contribution in [2.75, 3.05) is 51.4 Å². The Kier molecular flexibility index (Phi) is 11.2. The van der Waals surface area contributed by atoms with Gasteiger partial charge in [-0.1, -0.05) is 29.8 Å². The molecule has 1 spiro atoms. The molecule has 2 aromatic carbocycles. The van der Waals surface area contributed by atoms with E-state index in [1.54, 1.807) is 30.4 Å². The van der Waals surface area contributed by atoms with Crippen LogP contribution in [0.4, 0.5) is 5.69 Å². The highest BCUT2D eigenvalue weighted by Gasteiger charge is 2.44. The van der Waals surface area contributed by atoms with Crippen LogP contribution in [0.15, 0.2) is 61.7 Å². The van der Waals surface area contributed by atoms with Crippen LogP contribution in [0.5, 0.6) is 5.75 Å². The predicted molar refractivity (Wildman–Crippen MR) is 182 cm³/mol. The molecule has 1 heterocycles. The Hall–Kier alpha value is -2.89. The maximum Gasteiger partial charge on any atom is 0.304 e. The topological polar surface area (TPSA) is 108 Å². The summed E-state index contributed by atoms with van der Waals surface area (Å²) < 4.78 is 41.8. The smallest absolute Gasteiger partial charge is 0.304 e. The first-order valence-electron chi connectivity index (χ1n) is 16.1. The Bertz CT molecular complexity index is 1530. The van der Waals surface area contributed by atoms with Crippen LogP contribution in [0.2, 0.25) is 5.02 Å². The highest BCUT2D eigenvalue weighted by molar-refractivity contribution is 7.87. The fourth-order valence-electron chi connectivity index (χ4n) is 7.18. The van der Waals surface area contributed by atoms with E-state index in [4.69, 9.17) is 21.1 Å². The number of amides is 1. The van der Waals surface area contributed by atoms with Crippen molar-refractivity contribution < 1.29 is 27.8 Å². The molecule has 1 unspecified atom stereocenters. The fraction of sp³-hybridized carbons (Fsp3) is 0.514. The average Bonchev–Trinajstić information content (AvgIpc) is 3.17. The molecule has 2 aliphatic carbocycles. The average molecular weight is 672 g/mol. The lowest BCUT2D eigenvalue weighted by molar-refractivity contribution is 0.0460. The number of allylic oxidation sites excluding steroid dienone is 1. The Morgan fingerprint density at radius 3 is 2.80 bits per heavy atom. The molecular weight excluding hydrogens is 626 g/mol. The van der Waals surface area contributed by atoms with Crippen LogP contribution < -0.4 is 14.4 Å². The van der Waals surface area contributed by atoms with Gasteiger partial charge >= 0.3 is 10.2 Å². The number of hydrogen-bond acceptors (Lipinski definition) is 7. The van der Waals surface area contributed by atoms with Crippen LogP contribution in [0.1, 0.15) is 60.0 Å². The summed E-state index contributed by atoms with van der Waals surface area (Å²) in [5.74, 6) is 0.263. The molecule has 1 fully saturated rings. The number of nitrogens with zero attached hydrogens (tertiary/aromatic N) is 2. The van der Waals surface area contributed by atoms with E-state index in [1.165, 1.54) is 22.5 Å². The molecule has 46 heavy (non-hydrogen) atoms. The van der Waals surface area contributed by atoms with Gasteiger partial charge in [0.1, 0.15) is 5.75 Å². The van der Waals surface area contributed by atoms with Crippen LogP contribution in [-0.2, 0) is 26.8 Å². The minimum atomic E-state index is -4.13. The van der Waals surface area contributed by atoms with Gasteiger partial charge in [0.05, 0.1) is 25.0 Å². The van der Waals surface area contributed by atoms with Crippen molar-refractivity contribution in [1.82, 2.24) is 9.03 Å². The molecule has 2 N–H and O–H groups in total. The van der Waals surface area contributed by atoms with Gasteiger partial charge < -0.3 is 19.5 Å². The predicted octanol–water partition coefficient (Wildman–Crippen LogP) is 5.28. The standard InChI is InChI=1S/C35H46ClN3O6S/c1-4-6-7-17-39(18-19-44-3)46(42,43)37-34(41)26-11-15-33-31(21-26)38(22-27-10-13-29(27)32(40)5-2)23-35(24-45-33)16-8-9-25-20-28(36)12-14-30(25)35/h4-5,11-12,14-15,20-21,27,29,32,40H,1-2,6-10,13,16-19,22-24H2,3H3,(H,37,41)/t27-,29+,32?,35-/m0/s1. The lowest BCUT2D eigenvalue weighted by Gasteiger charge is -2.45. The van der Waals surface area contributed by atoms with Crippen molar-refractivity contribution in [3.8, 4) is 5.75 Å². The third kappa shape index (κ3) is 7.47. The lowest BCUT2D eigenvalue weighted by Crippen LogP contribution is -2.49. The number of benzene rings is 2. The number of hydrogen-bond donors (Lipinski definition) is 2. The summed E-state index contributed by atoms with van der Waals surface area (Å²) in [6.07, 6.45) is 8.78. The van der Waals surface area contributed by atoms with Gasteiger partial charge in [0.15, 0.2) is 0 Å². The molecule has 2 aromatic rings. The molecule has 4 atom stereocenters. The second-order valence-corrected chi connectivity index (χ2v) is 14.9. The van der Waals surface area contributed by atoms with Crippen LogP contribution in [0.25, 0.3) is 0 Å². The van der Waals surface area contributed by atoms with Crippen LogP contribution in [0.3, 0.4) is 0 Å². The number of fused-ring (bicyclic) bond motifs is 3. The molecule has 250 valence electrons. The molecule has 3 aliphatic rings. The Morgan fingerprint density at radius 2 is 2.09 bits per heavy atom. The van der Waals surface area contributed by atoms with Crippen molar-refractivity contribution in [3.63, 3.8) is 0 Å². The molecule has 1 saturated carbocycles. The zero-order valence-electron chi connectivity index (χ0n) is 26.6. The number of aryl methyl sites for hydroxylation is 1. The minimum absolute atomic E-state index is 0.106. The largest absolute Gasteiger partial charge is 0.490 e. The van der Waals surface area contributed by atoms with Gasteiger partial charge in [0.2, 0.25) is 0 Å². The van der Waals surface area contributed by atoms with Crippen LogP contribution >= 0.6 is 11.6 Å². The second kappa shape index (κ2) is 14.9. The Labute approximate surface area is 278 Å². The summed E-state index contributed by atoms with van der Waals surface area (Å²) >= 11 is 6.39. The zero-order chi connectivity index (χ0) is 32.9. The molecule has 0 aromatic heterocycles. The zero-order valence-corrected chi connectivity index (χ0v) is 28.2. The number of aliphatic hydroxyl groups is 1. The first kappa shape index (κ1) is 34.4. The van der Waals surface area contributed by atoms with Crippen molar-refractivity contribution in [2.24, 2.45) is 11.8 Å². The van der Waals surface area contributed by atoms with Gasteiger partial charge in [-0.15, -0.1) is 13.2 Å². The van der Waals surface area contributed by atoms with E-state index in [-0.39, 0.29) is 42.5 Å². The normalized spacial score (nSPS) is 23.0. The van der Waals surface area contributed by atoms with Gasteiger partial charge in [-0.2, -0.15) is 12.7 Å². The van der Waals surface area contributed by atoms with Crippen molar-refractivity contribution in [1.29, 1.82) is 0 Å². The summed E-state index contributed by atoms with van der Waals surface area (Å²) in [5.41, 5.74) is 3.12. The molecular formula is C35H46ClN3O6S. The van der Waals surface area contributed by atoms with Gasteiger partial charge in [-0.05, 0) is 98.2 Å². The van der Waals surface area contributed by atoms with Crippen molar-refractivity contribution >= 4 is 33.4 Å². The maximum atomic E-state index is 13.5. The van der Waals surface area contributed by atoms with E-state index in [0.29, 0.717) is 43.3 Å². The van der Waals surface area contributed by atoms with E-state index in [9.17, 15) is 18.3 Å². The molecule has 1 aliphatic heterocycles. The first-order chi connectivity index (χ1) is 22.1. The van der Waals surface area contributed by atoms with Gasteiger partial charge in [-0.3, -0.25) is 4.79 Å². The number of rotatable bonds is 14. The highest BCUT2D eigenvalue weighted by atomic mass is 35.5. The molecule has 5 rings (SSSR count). The maximum absolute atomic E-state index is 13.5. The summed E-state index contributed by atoms with van der Waals surface area (Å²) in [4.78, 5) is 15.8. The summed E-state index contributed by atoms with van der Waals surface area (Å²) in [6.45, 7) is 9.84. The van der Waals surface area contributed by atoms with Gasteiger partial charge in [-0.25, -0.2) is 4.72 Å². The minimum Gasteiger partial charge on any atom is -0.490 e. The second-order valence-electron chi connectivity index (χ2n) is 12.8. The first-order valence-corrected chi connectivity index (χ1v) is 18.0. The van der Waals surface area contributed by atoms with Gasteiger partial charge in [0, 0.05) is 49.3 Å². The number of carbonyl (C=O) groups is 1. The van der Waals surface area contributed by atoms with Crippen molar-refractivity contribution in [2.45, 2.75) is 56.5 Å². The lowest BCUT2D eigenvalue weighted by atomic mass is 9.68. The Balaban J connectivity index is 1.46. The third-order valence-corrected chi connectivity index (χ3v) is 11.6. The van der Waals surface area contributed by atoms with Gasteiger partial charge in [0.25, 0.3) is 5.91 Å². The fourth-order valence-corrected chi connectivity index (χ4v) is 8.54. The molecule has 0 bridgehead atoms. The summed E-state index contributed by atoms with van der Waals surface area (Å²) in [7, 11) is -2.62. The monoisotopic (exact) mass is 671 g/mol. The van der Waals surface area contributed by atoms with E-state index in [2.05, 4.69) is 34.9 Å². The summed E-state index contributed by atoms with van der Waals surface area (Å²) in [5, 5.41) is 11.3. The Morgan fingerprint density at radius 1 is 1.26 bits per heavy atom. The van der Waals surface area contributed by atoms with E-state index in [0.717, 1.165) is 37.8 Å². The molecule has 9 nitrogen and oxygen atoms in total. The molecule has 0 radical (unpaired) electrons. The number of methoxy groups -OCH3 is 1. The molecule has 1 amide bonds. The van der Waals surface area contributed by atoms with E-state index in [1.807, 2.05) is 6.07 Å². The van der Waals surface area contributed by atoms with E-state index >= 15 is 0 Å². The third-order valence-electron chi connectivity index (χ3n) is 9.83. The number of halogens is 1. The SMILES string of the molecule is C=CCCCN(CCOC)S(=O)(=O)NC(=O)c1ccc2c(c1)N(C[C@@H]1CC[C@H]1C(O)C=C)C[C@@]1(CCCc3cc(Cl)ccc31)CO2. The number of nitrogens with one attached hydrogen (secondary N) is 1. The quantitative estimate of drug-likeness (QED) is 0.208. The number of unbranched alkanes of at least 4 members (excludes halogenated alkanes) is 1. The van der Waals surface area contributed by atoms with E-state index < -0.39 is 22.2 Å². The highest BCUT2D eigenvalue weighted by Crippen LogP contribution is 2.46. The van der Waals surface area contributed by atoms with Crippen molar-refractivity contribution in [3.05, 3.63) is 83.4 Å².